The number of amides is 1. The Morgan fingerprint density at radius 2 is 1.74 bits per heavy atom. The maximum absolute atomic E-state index is 12.9. The summed E-state index contributed by atoms with van der Waals surface area (Å²) in [6.07, 6.45) is 0. The van der Waals surface area contributed by atoms with E-state index in [9.17, 15) is 4.79 Å². The SMILES string of the molecule is Cc1cccc(N2CCN(Cc3ccccc3)C(C)C2=O)c1C. The highest BCUT2D eigenvalue weighted by Gasteiger charge is 2.32. The van der Waals surface area contributed by atoms with Crippen LogP contribution in [0.2, 0.25) is 0 Å². The maximum Gasteiger partial charge on any atom is 0.244 e. The summed E-state index contributed by atoms with van der Waals surface area (Å²) in [5, 5.41) is 0. The van der Waals surface area contributed by atoms with Crippen molar-refractivity contribution >= 4 is 11.6 Å². The molecule has 0 bridgehead atoms. The fourth-order valence-corrected chi connectivity index (χ4v) is 3.22. The van der Waals surface area contributed by atoms with Crippen LogP contribution in [0.3, 0.4) is 0 Å². The Labute approximate surface area is 138 Å². The van der Waals surface area contributed by atoms with E-state index in [2.05, 4.69) is 43.0 Å². The van der Waals surface area contributed by atoms with Crippen molar-refractivity contribution in [3.8, 4) is 0 Å². The van der Waals surface area contributed by atoms with E-state index in [-0.39, 0.29) is 11.9 Å². The summed E-state index contributed by atoms with van der Waals surface area (Å²) in [6, 6.07) is 16.5. The van der Waals surface area contributed by atoms with Gasteiger partial charge in [0.05, 0.1) is 6.04 Å². The van der Waals surface area contributed by atoms with E-state index in [0.717, 1.165) is 25.3 Å². The summed E-state index contributed by atoms with van der Waals surface area (Å²) in [4.78, 5) is 17.1. The van der Waals surface area contributed by atoms with Crippen molar-refractivity contribution < 1.29 is 4.79 Å². The van der Waals surface area contributed by atoms with Crippen LogP contribution >= 0.6 is 0 Å². The smallest absolute Gasteiger partial charge is 0.244 e. The fourth-order valence-electron chi connectivity index (χ4n) is 3.22. The summed E-state index contributed by atoms with van der Waals surface area (Å²) in [6.45, 7) is 8.68. The van der Waals surface area contributed by atoms with Crippen LogP contribution in [0.25, 0.3) is 0 Å². The summed E-state index contributed by atoms with van der Waals surface area (Å²) in [5.41, 5.74) is 4.74. The highest BCUT2D eigenvalue weighted by molar-refractivity contribution is 5.98. The van der Waals surface area contributed by atoms with E-state index in [0.29, 0.717) is 0 Å². The van der Waals surface area contributed by atoms with Crippen LogP contribution in [0.4, 0.5) is 5.69 Å². The number of aryl methyl sites for hydroxylation is 1. The average Bonchev–Trinajstić information content (AvgIpc) is 2.56. The van der Waals surface area contributed by atoms with Gasteiger partial charge in [0.1, 0.15) is 0 Å². The first-order valence-corrected chi connectivity index (χ1v) is 8.23. The molecule has 1 amide bonds. The first-order valence-electron chi connectivity index (χ1n) is 8.23. The number of anilines is 1. The number of benzene rings is 2. The molecule has 3 rings (SSSR count). The Balaban J connectivity index is 1.77. The predicted molar refractivity (Wildman–Crippen MR) is 94.6 cm³/mol. The van der Waals surface area contributed by atoms with E-state index >= 15 is 0 Å². The van der Waals surface area contributed by atoms with E-state index in [1.165, 1.54) is 16.7 Å². The van der Waals surface area contributed by atoms with Crippen molar-refractivity contribution in [2.24, 2.45) is 0 Å². The molecule has 2 aromatic rings. The fraction of sp³-hybridized carbons (Fsp3) is 0.350. The molecule has 3 heteroatoms. The third-order valence-electron chi connectivity index (χ3n) is 4.88. The van der Waals surface area contributed by atoms with Gasteiger partial charge < -0.3 is 4.90 Å². The number of carbonyl (C=O) groups excluding carboxylic acids is 1. The third-order valence-corrected chi connectivity index (χ3v) is 4.88. The Hall–Kier alpha value is -2.13. The van der Waals surface area contributed by atoms with Gasteiger partial charge in [-0.05, 0) is 43.5 Å². The van der Waals surface area contributed by atoms with Gasteiger partial charge in [0.15, 0.2) is 0 Å². The molecule has 2 aromatic carbocycles. The van der Waals surface area contributed by atoms with Gasteiger partial charge in [-0.3, -0.25) is 9.69 Å². The molecule has 1 fully saturated rings. The van der Waals surface area contributed by atoms with Gasteiger partial charge in [0.2, 0.25) is 5.91 Å². The minimum Gasteiger partial charge on any atom is -0.310 e. The molecule has 0 radical (unpaired) electrons. The Bertz CT molecular complexity index is 696. The molecular formula is C20H24N2O. The van der Waals surface area contributed by atoms with Crippen LogP contribution in [-0.4, -0.2) is 29.9 Å². The first kappa shape index (κ1) is 15.8. The topological polar surface area (TPSA) is 23.6 Å². The van der Waals surface area contributed by atoms with Crippen molar-refractivity contribution in [3.63, 3.8) is 0 Å². The standard InChI is InChI=1S/C20H24N2O/c1-15-8-7-11-19(16(15)2)22-13-12-21(17(3)20(22)23)14-18-9-5-4-6-10-18/h4-11,17H,12-14H2,1-3H3. The largest absolute Gasteiger partial charge is 0.310 e. The summed E-state index contributed by atoms with van der Waals surface area (Å²) in [5.74, 6) is 0.195. The third kappa shape index (κ3) is 3.15. The molecule has 0 aliphatic carbocycles. The molecule has 120 valence electrons. The number of hydrogen-bond acceptors (Lipinski definition) is 2. The van der Waals surface area contributed by atoms with Crippen molar-refractivity contribution in [1.29, 1.82) is 0 Å². The van der Waals surface area contributed by atoms with Gasteiger partial charge >= 0.3 is 0 Å². The molecule has 1 unspecified atom stereocenters. The van der Waals surface area contributed by atoms with Gasteiger partial charge in [-0.25, -0.2) is 0 Å². The Morgan fingerprint density at radius 1 is 1.00 bits per heavy atom. The van der Waals surface area contributed by atoms with E-state index in [1.54, 1.807) is 0 Å². The monoisotopic (exact) mass is 308 g/mol. The molecule has 1 aliphatic rings. The summed E-state index contributed by atoms with van der Waals surface area (Å²) < 4.78 is 0. The molecule has 0 saturated carbocycles. The number of nitrogens with zero attached hydrogens (tertiary/aromatic N) is 2. The Kier molecular flexibility index (Phi) is 4.49. The van der Waals surface area contributed by atoms with Gasteiger partial charge in [-0.1, -0.05) is 42.5 Å². The lowest BCUT2D eigenvalue weighted by atomic mass is 10.0. The van der Waals surface area contributed by atoms with Gasteiger partial charge in [-0.15, -0.1) is 0 Å². The number of rotatable bonds is 3. The number of piperazine rings is 1. The van der Waals surface area contributed by atoms with Crippen LogP contribution in [0.5, 0.6) is 0 Å². The average molecular weight is 308 g/mol. The van der Waals surface area contributed by atoms with Crippen LogP contribution in [0, 0.1) is 13.8 Å². The molecule has 3 nitrogen and oxygen atoms in total. The van der Waals surface area contributed by atoms with Gasteiger partial charge in [0.25, 0.3) is 0 Å². The molecule has 1 atom stereocenters. The minimum atomic E-state index is -0.0936. The minimum absolute atomic E-state index is 0.0936. The maximum atomic E-state index is 12.9. The van der Waals surface area contributed by atoms with Crippen molar-refractivity contribution in [2.45, 2.75) is 33.4 Å². The highest BCUT2D eigenvalue weighted by atomic mass is 16.2. The molecule has 0 spiro atoms. The number of hydrogen-bond donors (Lipinski definition) is 0. The highest BCUT2D eigenvalue weighted by Crippen LogP contribution is 2.26. The lowest BCUT2D eigenvalue weighted by Crippen LogP contribution is -2.55. The zero-order chi connectivity index (χ0) is 16.4. The Morgan fingerprint density at radius 3 is 2.48 bits per heavy atom. The normalized spacial score (nSPS) is 19.2. The quantitative estimate of drug-likeness (QED) is 0.866. The second kappa shape index (κ2) is 6.55. The lowest BCUT2D eigenvalue weighted by Gasteiger charge is -2.39. The van der Waals surface area contributed by atoms with Gasteiger partial charge in [-0.2, -0.15) is 0 Å². The zero-order valence-corrected chi connectivity index (χ0v) is 14.1. The second-order valence-electron chi connectivity index (χ2n) is 6.34. The van der Waals surface area contributed by atoms with Crippen LogP contribution in [-0.2, 0) is 11.3 Å². The summed E-state index contributed by atoms with van der Waals surface area (Å²) in [7, 11) is 0. The van der Waals surface area contributed by atoms with Crippen LogP contribution in [0.15, 0.2) is 48.5 Å². The molecule has 1 saturated heterocycles. The van der Waals surface area contributed by atoms with Crippen LogP contribution in [0.1, 0.15) is 23.6 Å². The predicted octanol–water partition coefficient (Wildman–Crippen LogP) is 3.54. The van der Waals surface area contributed by atoms with Crippen molar-refractivity contribution in [1.82, 2.24) is 4.90 Å². The molecular weight excluding hydrogens is 284 g/mol. The van der Waals surface area contributed by atoms with E-state index in [4.69, 9.17) is 0 Å². The van der Waals surface area contributed by atoms with Gasteiger partial charge in [0, 0.05) is 25.3 Å². The van der Waals surface area contributed by atoms with Crippen molar-refractivity contribution in [3.05, 3.63) is 65.2 Å². The molecule has 1 aliphatic heterocycles. The molecule has 1 heterocycles. The van der Waals surface area contributed by atoms with Crippen molar-refractivity contribution in [2.75, 3.05) is 18.0 Å². The zero-order valence-electron chi connectivity index (χ0n) is 14.1. The van der Waals surface area contributed by atoms with Crippen LogP contribution < -0.4 is 4.90 Å². The van der Waals surface area contributed by atoms with E-state index < -0.39 is 0 Å². The van der Waals surface area contributed by atoms with E-state index in [1.807, 2.05) is 36.1 Å². The molecule has 0 N–H and O–H groups in total. The molecule has 23 heavy (non-hydrogen) atoms. The lowest BCUT2D eigenvalue weighted by molar-refractivity contribution is -0.125. The first-order chi connectivity index (χ1) is 11.1. The number of carbonyl (C=O) groups is 1. The second-order valence-corrected chi connectivity index (χ2v) is 6.34. The molecule has 0 aromatic heterocycles. The summed E-state index contributed by atoms with van der Waals surface area (Å²) >= 11 is 0.